The van der Waals surface area contributed by atoms with Crippen molar-refractivity contribution in [3.63, 3.8) is 0 Å². The normalized spacial score (nSPS) is 11.1. The van der Waals surface area contributed by atoms with Gasteiger partial charge in [0, 0.05) is 26.4 Å². The number of hydrogen-bond donors (Lipinski definition) is 2. The topological polar surface area (TPSA) is 111 Å². The molecule has 1 heterocycles. The van der Waals surface area contributed by atoms with E-state index in [1.807, 2.05) is 66.7 Å². The summed E-state index contributed by atoms with van der Waals surface area (Å²) in [4.78, 5) is 30.2. The van der Waals surface area contributed by atoms with Crippen molar-refractivity contribution in [1.82, 2.24) is 10.4 Å². The van der Waals surface area contributed by atoms with Gasteiger partial charge in [-0.1, -0.05) is 82.7 Å². The highest BCUT2D eigenvalue weighted by atomic mass is 79.9. The predicted octanol–water partition coefficient (Wildman–Crippen LogP) is 7.76. The lowest BCUT2D eigenvalue weighted by atomic mass is 9.99. The van der Waals surface area contributed by atoms with E-state index in [0.717, 1.165) is 37.3 Å². The summed E-state index contributed by atoms with van der Waals surface area (Å²) >= 11 is 3.45. The molecule has 0 saturated heterocycles. The van der Waals surface area contributed by atoms with Gasteiger partial charge in [0.1, 0.15) is 11.4 Å². The lowest BCUT2D eigenvalue weighted by molar-refractivity contribution is 0.0733. The van der Waals surface area contributed by atoms with E-state index in [-0.39, 0.29) is 11.3 Å². The van der Waals surface area contributed by atoms with Crippen LogP contribution < -0.4 is 24.4 Å². The maximum Gasteiger partial charge on any atom is 0.343 e. The number of hydrogen-bond acceptors (Lipinski definition) is 7. The summed E-state index contributed by atoms with van der Waals surface area (Å²) in [5.41, 5.74) is 6.17. The van der Waals surface area contributed by atoms with E-state index in [9.17, 15) is 9.59 Å². The molecule has 9 nitrogen and oxygen atoms in total. The van der Waals surface area contributed by atoms with Gasteiger partial charge in [0.2, 0.25) is 5.75 Å². The number of methoxy groups -OCH3 is 3. The summed E-state index contributed by atoms with van der Waals surface area (Å²) in [5, 5.41) is 7.22. The highest BCUT2D eigenvalue weighted by molar-refractivity contribution is 9.10. The summed E-state index contributed by atoms with van der Waals surface area (Å²) in [5.74, 6) is 0.122. The Labute approximate surface area is 272 Å². The molecule has 0 bridgehead atoms. The average molecular weight is 679 g/mol. The lowest BCUT2D eigenvalue weighted by Gasteiger charge is -2.14. The number of rotatable bonds is 9. The largest absolute Gasteiger partial charge is 0.493 e. The fourth-order valence-corrected chi connectivity index (χ4v) is 5.68. The van der Waals surface area contributed by atoms with E-state index in [1.165, 1.54) is 39.7 Å². The number of nitrogens with one attached hydrogen (secondary N) is 2. The summed E-state index contributed by atoms with van der Waals surface area (Å²) in [6.07, 6.45) is 1.42. The monoisotopic (exact) mass is 677 g/mol. The van der Waals surface area contributed by atoms with Crippen LogP contribution in [0.3, 0.4) is 0 Å². The number of carbonyl (C=O) groups excluding carboxylic acids is 2. The smallest absolute Gasteiger partial charge is 0.343 e. The second-order valence-corrected chi connectivity index (χ2v) is 11.1. The summed E-state index contributed by atoms with van der Waals surface area (Å²) < 4.78 is 22.5. The fraction of sp³-hybridized carbons (Fsp3) is 0.0833. The van der Waals surface area contributed by atoms with Crippen molar-refractivity contribution < 1.29 is 28.5 Å². The first kappa shape index (κ1) is 30.4. The van der Waals surface area contributed by atoms with Crippen molar-refractivity contribution >= 4 is 55.7 Å². The third-order valence-electron chi connectivity index (χ3n) is 7.43. The van der Waals surface area contributed by atoms with Crippen molar-refractivity contribution in [2.75, 3.05) is 21.3 Å². The van der Waals surface area contributed by atoms with Crippen LogP contribution in [0.25, 0.3) is 32.8 Å². The van der Waals surface area contributed by atoms with E-state index >= 15 is 0 Å². The molecule has 0 aliphatic heterocycles. The van der Waals surface area contributed by atoms with Crippen LogP contribution in [0, 0.1) is 0 Å². The summed E-state index contributed by atoms with van der Waals surface area (Å²) in [6.45, 7) is 0. The number of nitrogens with zero attached hydrogens (tertiary/aromatic N) is 1. The van der Waals surface area contributed by atoms with E-state index < -0.39 is 11.9 Å². The first-order valence-electron chi connectivity index (χ1n) is 14.2. The van der Waals surface area contributed by atoms with Gasteiger partial charge in [-0.05, 0) is 41.3 Å². The van der Waals surface area contributed by atoms with Gasteiger partial charge in [-0.2, -0.15) is 5.10 Å². The standard InChI is InChI=1S/C36H28BrN3O6/c1-43-29-18-23(19-30(44-2)34(29)45-3)36(42)46-28-16-14-25(37)17-24(28)20-38-40-35(41)33-31(22-10-5-4-6-11-22)27-15-13-21-9-7-8-12-26(21)32(27)39-33/h4-20,39H,1-3H3,(H,40,41). The summed E-state index contributed by atoms with van der Waals surface area (Å²) in [7, 11) is 4.41. The van der Waals surface area contributed by atoms with Gasteiger partial charge in [0.25, 0.3) is 5.91 Å². The molecule has 0 aliphatic carbocycles. The van der Waals surface area contributed by atoms with Crippen LogP contribution in [0.1, 0.15) is 26.4 Å². The molecule has 0 spiro atoms. The second-order valence-electron chi connectivity index (χ2n) is 10.1. The maximum absolute atomic E-state index is 13.6. The van der Waals surface area contributed by atoms with Crippen LogP contribution in [0.2, 0.25) is 0 Å². The van der Waals surface area contributed by atoms with Gasteiger partial charge in [0.15, 0.2) is 11.5 Å². The molecule has 0 fully saturated rings. The third-order valence-corrected chi connectivity index (χ3v) is 7.93. The number of halogens is 1. The predicted molar refractivity (Wildman–Crippen MR) is 181 cm³/mol. The average Bonchev–Trinajstić information content (AvgIpc) is 3.49. The van der Waals surface area contributed by atoms with Crippen LogP contribution in [0.5, 0.6) is 23.0 Å². The number of fused-ring (bicyclic) bond motifs is 3. The number of amides is 1. The Kier molecular flexibility index (Phi) is 8.71. The molecule has 6 rings (SSSR count). The Hall–Kier alpha value is -5.61. The van der Waals surface area contributed by atoms with Gasteiger partial charge >= 0.3 is 5.97 Å². The van der Waals surface area contributed by atoms with Gasteiger partial charge in [-0.3, -0.25) is 4.79 Å². The van der Waals surface area contributed by atoms with Crippen LogP contribution in [-0.4, -0.2) is 44.4 Å². The van der Waals surface area contributed by atoms with Crippen LogP contribution >= 0.6 is 15.9 Å². The number of benzene rings is 5. The Morgan fingerprint density at radius 3 is 2.22 bits per heavy atom. The number of carbonyl (C=O) groups is 2. The van der Waals surface area contributed by atoms with Crippen LogP contribution in [0.4, 0.5) is 0 Å². The molecule has 5 aromatic carbocycles. The summed E-state index contributed by atoms with van der Waals surface area (Å²) in [6, 6.07) is 29.9. The molecule has 1 aromatic heterocycles. The first-order chi connectivity index (χ1) is 22.4. The first-order valence-corrected chi connectivity index (χ1v) is 14.9. The second kappa shape index (κ2) is 13.2. The van der Waals surface area contributed by atoms with E-state index in [4.69, 9.17) is 18.9 Å². The SMILES string of the molecule is COc1cc(C(=O)Oc2ccc(Br)cc2C=NNC(=O)c2[nH]c3c(ccc4ccccc43)c2-c2ccccc2)cc(OC)c1OC. The molecule has 46 heavy (non-hydrogen) atoms. The molecule has 0 unspecified atom stereocenters. The lowest BCUT2D eigenvalue weighted by Crippen LogP contribution is -2.19. The quantitative estimate of drug-likeness (QED) is 0.0700. The van der Waals surface area contributed by atoms with Crippen LogP contribution in [0.15, 0.2) is 107 Å². The molecule has 230 valence electrons. The minimum Gasteiger partial charge on any atom is -0.493 e. The Balaban J connectivity index is 1.30. The number of H-pyrrole nitrogens is 1. The number of ether oxygens (including phenoxy) is 4. The van der Waals surface area contributed by atoms with Crippen molar-refractivity contribution in [3.8, 4) is 34.1 Å². The molecule has 6 aromatic rings. The minimum atomic E-state index is -0.655. The molecule has 2 N–H and O–H groups in total. The minimum absolute atomic E-state index is 0.188. The Morgan fingerprint density at radius 2 is 1.50 bits per heavy atom. The van der Waals surface area contributed by atoms with Crippen LogP contribution in [-0.2, 0) is 0 Å². The molecular formula is C36H28BrN3O6. The van der Waals surface area contributed by atoms with E-state index in [2.05, 4.69) is 31.4 Å². The van der Waals surface area contributed by atoms with Gasteiger partial charge < -0.3 is 23.9 Å². The number of hydrazone groups is 1. The molecule has 0 aliphatic rings. The third kappa shape index (κ3) is 5.90. The van der Waals surface area contributed by atoms with Crippen molar-refractivity contribution in [2.45, 2.75) is 0 Å². The Morgan fingerprint density at radius 1 is 0.783 bits per heavy atom. The number of esters is 1. The Bertz CT molecular complexity index is 2100. The zero-order valence-electron chi connectivity index (χ0n) is 25.1. The molecule has 0 saturated carbocycles. The molecule has 0 atom stereocenters. The maximum atomic E-state index is 13.6. The molecule has 0 radical (unpaired) electrons. The molecule has 1 amide bonds. The fourth-order valence-electron chi connectivity index (χ4n) is 5.30. The highest BCUT2D eigenvalue weighted by Crippen LogP contribution is 2.39. The van der Waals surface area contributed by atoms with Crippen molar-refractivity contribution in [2.24, 2.45) is 5.10 Å². The number of aromatic amines is 1. The van der Waals surface area contributed by atoms with Gasteiger partial charge in [-0.15, -0.1) is 0 Å². The zero-order valence-corrected chi connectivity index (χ0v) is 26.7. The zero-order chi connectivity index (χ0) is 32.2. The van der Waals surface area contributed by atoms with Crippen molar-refractivity contribution in [3.05, 3.63) is 118 Å². The highest BCUT2D eigenvalue weighted by Gasteiger charge is 2.21. The van der Waals surface area contributed by atoms with Crippen molar-refractivity contribution in [1.29, 1.82) is 0 Å². The van der Waals surface area contributed by atoms with E-state index in [1.54, 1.807) is 18.2 Å². The number of aromatic nitrogens is 1. The molecule has 10 heteroatoms. The van der Waals surface area contributed by atoms with Gasteiger partial charge in [-0.25, -0.2) is 10.2 Å². The molecular weight excluding hydrogens is 650 g/mol. The van der Waals surface area contributed by atoms with E-state index in [0.29, 0.717) is 28.5 Å². The van der Waals surface area contributed by atoms with Gasteiger partial charge in [0.05, 0.1) is 38.6 Å².